The van der Waals surface area contributed by atoms with Gasteiger partial charge >= 0.3 is 0 Å². The van der Waals surface area contributed by atoms with E-state index in [9.17, 15) is 4.79 Å². The average molecular weight is 226 g/mol. The Morgan fingerprint density at radius 1 is 1.44 bits per heavy atom. The van der Waals surface area contributed by atoms with Crippen molar-refractivity contribution in [2.24, 2.45) is 11.7 Å². The summed E-state index contributed by atoms with van der Waals surface area (Å²) in [5, 5.41) is 0. The molecule has 0 radical (unpaired) electrons. The van der Waals surface area contributed by atoms with Gasteiger partial charge in [-0.3, -0.25) is 4.79 Å². The summed E-state index contributed by atoms with van der Waals surface area (Å²) in [4.78, 5) is 14.2. The lowest BCUT2D eigenvalue weighted by Gasteiger charge is -2.36. The van der Waals surface area contributed by atoms with Crippen LogP contribution in [0.25, 0.3) is 0 Å². The van der Waals surface area contributed by atoms with Crippen molar-refractivity contribution in [2.75, 3.05) is 13.1 Å². The molecule has 1 amide bonds. The second-order valence-corrected chi connectivity index (χ2v) is 5.31. The zero-order valence-corrected chi connectivity index (χ0v) is 11.0. The first-order valence-electron chi connectivity index (χ1n) is 6.59. The Balaban J connectivity index is 2.53. The lowest BCUT2D eigenvalue weighted by Crippen LogP contribution is -2.54. The number of hydrogen-bond acceptors (Lipinski definition) is 2. The summed E-state index contributed by atoms with van der Waals surface area (Å²) in [6.45, 7) is 7.67. The first-order chi connectivity index (χ1) is 7.51. The van der Waals surface area contributed by atoms with Crippen molar-refractivity contribution in [2.45, 2.75) is 58.4 Å². The lowest BCUT2D eigenvalue weighted by atomic mass is 9.84. The van der Waals surface area contributed by atoms with E-state index in [2.05, 4.69) is 6.92 Å². The van der Waals surface area contributed by atoms with Crippen LogP contribution >= 0.6 is 0 Å². The fourth-order valence-electron chi connectivity index (χ4n) is 2.33. The van der Waals surface area contributed by atoms with Crippen molar-refractivity contribution < 1.29 is 4.79 Å². The van der Waals surface area contributed by atoms with E-state index in [1.807, 2.05) is 18.7 Å². The predicted molar refractivity (Wildman–Crippen MR) is 67.1 cm³/mol. The van der Waals surface area contributed by atoms with Crippen LogP contribution in [0.4, 0.5) is 0 Å². The molecule has 0 aliphatic heterocycles. The maximum absolute atomic E-state index is 12.3. The topological polar surface area (TPSA) is 46.3 Å². The molecule has 1 unspecified atom stereocenters. The van der Waals surface area contributed by atoms with E-state index >= 15 is 0 Å². The van der Waals surface area contributed by atoms with E-state index in [1.165, 1.54) is 19.3 Å². The highest BCUT2D eigenvalue weighted by atomic mass is 16.2. The fraction of sp³-hybridized carbons (Fsp3) is 0.923. The van der Waals surface area contributed by atoms with Gasteiger partial charge in [0.1, 0.15) is 0 Å². The van der Waals surface area contributed by atoms with Crippen molar-refractivity contribution in [1.82, 2.24) is 4.90 Å². The van der Waals surface area contributed by atoms with Crippen LogP contribution in [0.5, 0.6) is 0 Å². The van der Waals surface area contributed by atoms with Crippen LogP contribution in [0.15, 0.2) is 0 Å². The van der Waals surface area contributed by atoms with Crippen molar-refractivity contribution in [3.8, 4) is 0 Å². The first-order valence-corrected chi connectivity index (χ1v) is 6.59. The fourth-order valence-corrected chi connectivity index (χ4v) is 2.33. The number of nitrogens with zero attached hydrogens (tertiary/aromatic N) is 1. The molecule has 3 heteroatoms. The smallest absolute Gasteiger partial charge is 0.242 e. The Kier molecular flexibility index (Phi) is 4.78. The summed E-state index contributed by atoms with van der Waals surface area (Å²) in [6, 6.07) is 0. The molecular formula is C13H26N2O. The summed E-state index contributed by atoms with van der Waals surface area (Å²) in [5.74, 6) is 0.852. The van der Waals surface area contributed by atoms with Crippen LogP contribution < -0.4 is 5.73 Å². The molecule has 1 rings (SSSR count). The standard InChI is InChI=1S/C13H26N2O/c1-4-9-13(3,14)12(16)15(5-2)10-11-7-6-8-11/h11H,4-10,14H2,1-3H3. The van der Waals surface area contributed by atoms with Gasteiger partial charge in [0.25, 0.3) is 0 Å². The Morgan fingerprint density at radius 2 is 2.06 bits per heavy atom. The molecule has 0 spiro atoms. The molecule has 0 aromatic carbocycles. The average Bonchev–Trinajstić information content (AvgIpc) is 2.15. The third-order valence-corrected chi connectivity index (χ3v) is 3.63. The number of carbonyl (C=O) groups excluding carboxylic acids is 1. The van der Waals surface area contributed by atoms with Crippen LogP contribution in [-0.2, 0) is 4.79 Å². The zero-order chi connectivity index (χ0) is 12.2. The van der Waals surface area contributed by atoms with Crippen LogP contribution in [0, 0.1) is 5.92 Å². The van der Waals surface area contributed by atoms with Gasteiger partial charge < -0.3 is 10.6 Å². The molecule has 1 aliphatic rings. The molecular weight excluding hydrogens is 200 g/mol. The highest BCUT2D eigenvalue weighted by Crippen LogP contribution is 2.27. The highest BCUT2D eigenvalue weighted by molar-refractivity contribution is 5.85. The number of likely N-dealkylation sites (N-methyl/N-ethyl adjacent to an activating group) is 1. The Morgan fingerprint density at radius 3 is 2.44 bits per heavy atom. The maximum atomic E-state index is 12.3. The second-order valence-electron chi connectivity index (χ2n) is 5.31. The third-order valence-electron chi connectivity index (χ3n) is 3.63. The number of amides is 1. The van der Waals surface area contributed by atoms with Gasteiger partial charge in [-0.25, -0.2) is 0 Å². The van der Waals surface area contributed by atoms with Gasteiger partial charge in [-0.2, -0.15) is 0 Å². The molecule has 16 heavy (non-hydrogen) atoms. The summed E-state index contributed by atoms with van der Waals surface area (Å²) in [5.41, 5.74) is 5.42. The predicted octanol–water partition coefficient (Wildman–Crippen LogP) is 2.15. The molecule has 0 bridgehead atoms. The minimum atomic E-state index is -0.672. The SMILES string of the molecule is CCCC(C)(N)C(=O)N(CC)CC1CCC1. The third kappa shape index (κ3) is 3.21. The van der Waals surface area contributed by atoms with Gasteiger partial charge in [-0.15, -0.1) is 0 Å². The molecule has 94 valence electrons. The summed E-state index contributed by atoms with van der Waals surface area (Å²) >= 11 is 0. The number of nitrogens with two attached hydrogens (primary N) is 1. The molecule has 1 aliphatic carbocycles. The molecule has 1 fully saturated rings. The molecule has 1 atom stereocenters. The maximum Gasteiger partial charge on any atom is 0.242 e. The van der Waals surface area contributed by atoms with Gasteiger partial charge in [-0.05, 0) is 39.0 Å². The quantitative estimate of drug-likeness (QED) is 0.754. The lowest BCUT2D eigenvalue weighted by molar-refractivity contribution is -0.137. The Bertz CT molecular complexity index is 234. The van der Waals surface area contributed by atoms with Crippen molar-refractivity contribution in [3.63, 3.8) is 0 Å². The van der Waals surface area contributed by atoms with Crippen molar-refractivity contribution >= 4 is 5.91 Å². The summed E-state index contributed by atoms with van der Waals surface area (Å²) in [7, 11) is 0. The summed E-state index contributed by atoms with van der Waals surface area (Å²) in [6.07, 6.45) is 5.61. The minimum absolute atomic E-state index is 0.128. The van der Waals surface area contributed by atoms with E-state index in [1.54, 1.807) is 0 Å². The molecule has 2 N–H and O–H groups in total. The van der Waals surface area contributed by atoms with E-state index in [4.69, 9.17) is 5.73 Å². The van der Waals surface area contributed by atoms with E-state index in [-0.39, 0.29) is 5.91 Å². The molecule has 0 aromatic rings. The molecule has 3 nitrogen and oxygen atoms in total. The number of rotatable bonds is 6. The highest BCUT2D eigenvalue weighted by Gasteiger charge is 2.32. The number of hydrogen-bond donors (Lipinski definition) is 1. The van der Waals surface area contributed by atoms with Gasteiger partial charge in [0.2, 0.25) is 5.91 Å². The zero-order valence-electron chi connectivity index (χ0n) is 11.0. The molecule has 0 saturated heterocycles. The van der Waals surface area contributed by atoms with E-state index < -0.39 is 5.54 Å². The Hall–Kier alpha value is -0.570. The van der Waals surface area contributed by atoms with Crippen LogP contribution in [-0.4, -0.2) is 29.4 Å². The van der Waals surface area contributed by atoms with E-state index in [0.717, 1.165) is 31.8 Å². The molecule has 0 heterocycles. The first kappa shape index (κ1) is 13.5. The molecule has 0 aromatic heterocycles. The molecule has 1 saturated carbocycles. The van der Waals surface area contributed by atoms with Crippen molar-refractivity contribution in [1.29, 1.82) is 0 Å². The number of carbonyl (C=O) groups is 1. The van der Waals surface area contributed by atoms with Gasteiger partial charge in [0, 0.05) is 13.1 Å². The van der Waals surface area contributed by atoms with Crippen molar-refractivity contribution in [3.05, 3.63) is 0 Å². The van der Waals surface area contributed by atoms with Crippen LogP contribution in [0.2, 0.25) is 0 Å². The van der Waals surface area contributed by atoms with E-state index in [0.29, 0.717) is 0 Å². The normalized spacial score (nSPS) is 20.0. The second kappa shape index (κ2) is 5.67. The Labute approximate surface area is 99.4 Å². The van der Waals surface area contributed by atoms with Crippen LogP contribution in [0.3, 0.4) is 0 Å². The minimum Gasteiger partial charge on any atom is -0.341 e. The van der Waals surface area contributed by atoms with Gasteiger partial charge in [0.15, 0.2) is 0 Å². The largest absolute Gasteiger partial charge is 0.341 e. The monoisotopic (exact) mass is 226 g/mol. The van der Waals surface area contributed by atoms with Gasteiger partial charge in [-0.1, -0.05) is 19.8 Å². The van der Waals surface area contributed by atoms with Gasteiger partial charge in [0.05, 0.1) is 5.54 Å². The summed E-state index contributed by atoms with van der Waals surface area (Å²) < 4.78 is 0. The van der Waals surface area contributed by atoms with Crippen LogP contribution in [0.1, 0.15) is 52.9 Å².